The number of halogens is 2. The summed E-state index contributed by atoms with van der Waals surface area (Å²) >= 11 is 0. The molecule has 5 heteroatoms. The molecule has 3 nitrogen and oxygen atoms in total. The van der Waals surface area contributed by atoms with Crippen LogP contribution in [0.4, 0.5) is 8.78 Å². The Kier molecular flexibility index (Phi) is 3.43. The van der Waals surface area contributed by atoms with Crippen molar-refractivity contribution in [3.63, 3.8) is 0 Å². The van der Waals surface area contributed by atoms with Crippen molar-refractivity contribution in [2.75, 3.05) is 0 Å². The number of aryl methyl sites for hydroxylation is 2. The summed E-state index contributed by atoms with van der Waals surface area (Å²) in [4.78, 5) is 0. The Bertz CT molecular complexity index is 566. The van der Waals surface area contributed by atoms with E-state index >= 15 is 0 Å². The Hall–Kier alpha value is -1.75. The molecule has 96 valence electrons. The highest BCUT2D eigenvalue weighted by molar-refractivity contribution is 5.23. The van der Waals surface area contributed by atoms with Crippen molar-refractivity contribution in [3.8, 4) is 0 Å². The van der Waals surface area contributed by atoms with Crippen molar-refractivity contribution in [1.29, 1.82) is 0 Å². The zero-order valence-electron chi connectivity index (χ0n) is 10.2. The van der Waals surface area contributed by atoms with Gasteiger partial charge in [-0.3, -0.25) is 4.68 Å². The molecule has 0 saturated heterocycles. The van der Waals surface area contributed by atoms with Gasteiger partial charge in [0.2, 0.25) is 0 Å². The molecule has 1 unspecified atom stereocenters. The minimum absolute atomic E-state index is 0.0335. The lowest BCUT2D eigenvalue weighted by Crippen LogP contribution is -2.08. The molecule has 0 bridgehead atoms. The maximum absolute atomic E-state index is 13.5. The van der Waals surface area contributed by atoms with Crippen molar-refractivity contribution >= 4 is 0 Å². The summed E-state index contributed by atoms with van der Waals surface area (Å²) in [5.41, 5.74) is 1.55. The van der Waals surface area contributed by atoms with Crippen molar-refractivity contribution < 1.29 is 13.9 Å². The van der Waals surface area contributed by atoms with Crippen LogP contribution >= 0.6 is 0 Å². The number of nitrogens with zero attached hydrogens (tertiary/aromatic N) is 2. The first-order valence-corrected chi connectivity index (χ1v) is 5.60. The van der Waals surface area contributed by atoms with Crippen LogP contribution in [0.25, 0.3) is 0 Å². The second kappa shape index (κ2) is 4.86. The standard InChI is InChI=1S/C13H14F2N2O/c1-8-6-9(17(2)16-8)7-12(18)10-4-3-5-11(14)13(10)15/h3-6,12,18H,7H2,1-2H3. The molecule has 0 saturated carbocycles. The van der Waals surface area contributed by atoms with E-state index in [4.69, 9.17) is 0 Å². The van der Waals surface area contributed by atoms with Gasteiger partial charge in [0.05, 0.1) is 11.8 Å². The summed E-state index contributed by atoms with van der Waals surface area (Å²) in [5.74, 6) is -1.95. The van der Waals surface area contributed by atoms with Gasteiger partial charge in [-0.2, -0.15) is 5.10 Å². The molecular formula is C13H14F2N2O. The molecule has 0 aliphatic rings. The third-order valence-corrected chi connectivity index (χ3v) is 2.84. The quantitative estimate of drug-likeness (QED) is 0.910. The second-order valence-corrected chi connectivity index (χ2v) is 4.26. The zero-order chi connectivity index (χ0) is 13.3. The summed E-state index contributed by atoms with van der Waals surface area (Å²) in [6.45, 7) is 1.83. The molecule has 2 aromatic rings. The van der Waals surface area contributed by atoms with Gasteiger partial charge in [0.1, 0.15) is 0 Å². The lowest BCUT2D eigenvalue weighted by atomic mass is 10.0. The number of hydrogen-bond acceptors (Lipinski definition) is 2. The molecule has 0 spiro atoms. The van der Waals surface area contributed by atoms with E-state index < -0.39 is 17.7 Å². The molecule has 2 rings (SSSR count). The fourth-order valence-electron chi connectivity index (χ4n) is 1.94. The largest absolute Gasteiger partial charge is 0.388 e. The number of aliphatic hydroxyl groups is 1. The second-order valence-electron chi connectivity index (χ2n) is 4.26. The number of aromatic nitrogens is 2. The van der Waals surface area contributed by atoms with E-state index in [2.05, 4.69) is 5.10 Å². The van der Waals surface area contributed by atoms with E-state index in [1.54, 1.807) is 17.8 Å². The van der Waals surface area contributed by atoms with Crippen LogP contribution in [0.3, 0.4) is 0 Å². The van der Waals surface area contributed by atoms with Gasteiger partial charge in [-0.1, -0.05) is 12.1 Å². The highest BCUT2D eigenvalue weighted by Gasteiger charge is 2.17. The maximum atomic E-state index is 13.5. The average Bonchev–Trinajstić information content (AvgIpc) is 2.61. The fourth-order valence-corrected chi connectivity index (χ4v) is 1.94. The highest BCUT2D eigenvalue weighted by atomic mass is 19.2. The maximum Gasteiger partial charge on any atom is 0.164 e. The minimum Gasteiger partial charge on any atom is -0.388 e. The first kappa shape index (κ1) is 12.7. The average molecular weight is 252 g/mol. The fraction of sp³-hybridized carbons (Fsp3) is 0.308. The van der Waals surface area contributed by atoms with Crippen LogP contribution in [0.1, 0.15) is 23.1 Å². The molecule has 1 heterocycles. The van der Waals surface area contributed by atoms with Crippen LogP contribution in [0.5, 0.6) is 0 Å². The molecular weight excluding hydrogens is 238 g/mol. The lowest BCUT2D eigenvalue weighted by molar-refractivity contribution is 0.170. The summed E-state index contributed by atoms with van der Waals surface area (Å²) in [5, 5.41) is 14.1. The van der Waals surface area contributed by atoms with E-state index in [1.165, 1.54) is 12.1 Å². The summed E-state index contributed by atoms with van der Waals surface area (Å²) < 4.78 is 28.2. The van der Waals surface area contributed by atoms with Crippen LogP contribution in [0.2, 0.25) is 0 Å². The summed E-state index contributed by atoms with van der Waals surface area (Å²) in [6.07, 6.45) is -0.895. The molecule has 0 aliphatic heterocycles. The van der Waals surface area contributed by atoms with Crippen molar-refractivity contribution in [3.05, 3.63) is 52.9 Å². The van der Waals surface area contributed by atoms with Crippen LogP contribution in [0, 0.1) is 18.6 Å². The highest BCUT2D eigenvalue weighted by Crippen LogP contribution is 2.22. The van der Waals surface area contributed by atoms with Crippen molar-refractivity contribution in [2.45, 2.75) is 19.4 Å². The van der Waals surface area contributed by atoms with Gasteiger partial charge in [0.15, 0.2) is 11.6 Å². The Morgan fingerprint density at radius 3 is 2.72 bits per heavy atom. The van der Waals surface area contributed by atoms with Gasteiger partial charge in [-0.15, -0.1) is 0 Å². The van der Waals surface area contributed by atoms with Crippen LogP contribution < -0.4 is 0 Å². The topological polar surface area (TPSA) is 38.0 Å². The molecule has 1 atom stereocenters. The molecule has 1 aromatic carbocycles. The predicted molar refractivity (Wildman–Crippen MR) is 63.0 cm³/mol. The van der Waals surface area contributed by atoms with Gasteiger partial charge in [-0.25, -0.2) is 8.78 Å². The Balaban J connectivity index is 2.24. The number of benzene rings is 1. The Labute approximate surface area is 104 Å². The van der Waals surface area contributed by atoms with Crippen LogP contribution in [0.15, 0.2) is 24.3 Å². The normalized spacial score (nSPS) is 12.7. The summed E-state index contributed by atoms with van der Waals surface area (Å²) in [6, 6.07) is 5.60. The molecule has 0 aliphatic carbocycles. The van der Waals surface area contributed by atoms with E-state index in [0.717, 1.165) is 17.5 Å². The molecule has 1 aromatic heterocycles. The van der Waals surface area contributed by atoms with Gasteiger partial charge < -0.3 is 5.11 Å². The van der Waals surface area contributed by atoms with Gasteiger partial charge >= 0.3 is 0 Å². The van der Waals surface area contributed by atoms with E-state index in [9.17, 15) is 13.9 Å². The zero-order valence-corrected chi connectivity index (χ0v) is 10.2. The van der Waals surface area contributed by atoms with E-state index in [1.807, 2.05) is 6.92 Å². The Morgan fingerprint density at radius 1 is 1.39 bits per heavy atom. The first-order valence-electron chi connectivity index (χ1n) is 5.60. The number of aliphatic hydroxyl groups excluding tert-OH is 1. The van der Waals surface area contributed by atoms with Gasteiger partial charge in [-0.05, 0) is 19.1 Å². The van der Waals surface area contributed by atoms with Crippen LogP contribution in [-0.2, 0) is 13.5 Å². The molecule has 18 heavy (non-hydrogen) atoms. The smallest absolute Gasteiger partial charge is 0.164 e. The summed E-state index contributed by atoms with van der Waals surface area (Å²) in [7, 11) is 1.75. The van der Waals surface area contributed by atoms with Gasteiger partial charge in [0, 0.05) is 24.7 Å². The molecule has 0 fully saturated rings. The third-order valence-electron chi connectivity index (χ3n) is 2.84. The number of rotatable bonds is 3. The van der Waals surface area contributed by atoms with Gasteiger partial charge in [0.25, 0.3) is 0 Å². The molecule has 0 amide bonds. The van der Waals surface area contributed by atoms with Crippen LogP contribution in [-0.4, -0.2) is 14.9 Å². The van der Waals surface area contributed by atoms with E-state index in [-0.39, 0.29) is 12.0 Å². The Morgan fingerprint density at radius 2 is 2.11 bits per heavy atom. The minimum atomic E-state index is -1.09. The monoisotopic (exact) mass is 252 g/mol. The molecule has 1 N–H and O–H groups in total. The molecule has 0 radical (unpaired) electrons. The SMILES string of the molecule is Cc1cc(CC(O)c2cccc(F)c2F)n(C)n1. The number of hydrogen-bond donors (Lipinski definition) is 1. The van der Waals surface area contributed by atoms with E-state index in [0.29, 0.717) is 0 Å². The third kappa shape index (κ3) is 2.41. The van der Waals surface area contributed by atoms with Crippen molar-refractivity contribution in [1.82, 2.24) is 9.78 Å². The van der Waals surface area contributed by atoms with Crippen molar-refractivity contribution in [2.24, 2.45) is 7.05 Å². The predicted octanol–water partition coefficient (Wildman–Crippen LogP) is 2.28. The lowest BCUT2D eigenvalue weighted by Gasteiger charge is -2.12. The first-order chi connectivity index (χ1) is 8.49.